The quantitative estimate of drug-likeness (QED) is 0.780. The van der Waals surface area contributed by atoms with Crippen LogP contribution in [0.15, 0.2) is 57.3 Å². The zero-order valence-corrected chi connectivity index (χ0v) is 9.62. The molecule has 2 heterocycles. The predicted molar refractivity (Wildman–Crippen MR) is 60.3 cm³/mol. The molecule has 2 aromatic heterocycles. The molecule has 2 nitrogen and oxygen atoms in total. The first-order chi connectivity index (χ1) is 6.84. The molecule has 0 fully saturated rings. The van der Waals surface area contributed by atoms with E-state index in [9.17, 15) is 0 Å². The van der Waals surface area contributed by atoms with Crippen LogP contribution in [0.3, 0.4) is 0 Å². The van der Waals surface area contributed by atoms with Crippen LogP contribution in [-0.4, -0.2) is 9.97 Å². The number of halogens is 1. The van der Waals surface area contributed by atoms with Crippen molar-refractivity contribution in [3.05, 3.63) is 47.3 Å². The number of nitrogens with zero attached hydrogens (tertiary/aromatic N) is 2. The normalized spacial score (nSPS) is 10.1. The van der Waals surface area contributed by atoms with Gasteiger partial charge in [0.15, 0.2) is 0 Å². The third-order valence-electron chi connectivity index (χ3n) is 1.56. The number of pyridine rings is 2. The van der Waals surface area contributed by atoms with Crippen molar-refractivity contribution in [2.45, 2.75) is 9.92 Å². The van der Waals surface area contributed by atoms with Crippen molar-refractivity contribution in [2.24, 2.45) is 0 Å². The lowest BCUT2D eigenvalue weighted by atomic mass is 10.5. The Bertz CT molecular complexity index is 419. The first-order valence-electron chi connectivity index (χ1n) is 4.05. The molecule has 2 rings (SSSR count). The minimum Gasteiger partial charge on any atom is -0.265 e. The molecule has 0 aliphatic heterocycles. The molecule has 2 aromatic rings. The standard InChI is InChI=1S/C10H7BrN2S/c11-9-2-1-3-10(13-9)14-8-4-6-12-7-5-8/h1-7H. The van der Waals surface area contributed by atoms with Crippen molar-refractivity contribution >= 4 is 27.7 Å². The van der Waals surface area contributed by atoms with Crippen LogP contribution >= 0.6 is 27.7 Å². The van der Waals surface area contributed by atoms with E-state index in [0.717, 1.165) is 14.5 Å². The van der Waals surface area contributed by atoms with Crippen LogP contribution in [0, 0.1) is 0 Å². The minimum atomic E-state index is 0.858. The molecule has 0 aliphatic rings. The van der Waals surface area contributed by atoms with Crippen molar-refractivity contribution < 1.29 is 0 Å². The first-order valence-corrected chi connectivity index (χ1v) is 5.66. The Morgan fingerprint density at radius 3 is 2.57 bits per heavy atom. The average Bonchev–Trinajstić information content (AvgIpc) is 2.19. The lowest BCUT2D eigenvalue weighted by Crippen LogP contribution is -1.80. The summed E-state index contributed by atoms with van der Waals surface area (Å²) >= 11 is 4.96. The molecule has 0 aliphatic carbocycles. The zero-order valence-electron chi connectivity index (χ0n) is 7.22. The molecule has 0 bridgehead atoms. The van der Waals surface area contributed by atoms with E-state index in [1.165, 1.54) is 0 Å². The van der Waals surface area contributed by atoms with Gasteiger partial charge in [-0.05, 0) is 40.2 Å². The van der Waals surface area contributed by atoms with Gasteiger partial charge in [0.2, 0.25) is 0 Å². The number of aromatic nitrogens is 2. The summed E-state index contributed by atoms with van der Waals surface area (Å²) in [6.45, 7) is 0. The number of hydrogen-bond acceptors (Lipinski definition) is 3. The molecular formula is C10H7BrN2S. The minimum absolute atomic E-state index is 0.858. The predicted octanol–water partition coefficient (Wildman–Crippen LogP) is 3.39. The van der Waals surface area contributed by atoms with Gasteiger partial charge in [0.1, 0.15) is 9.63 Å². The third-order valence-corrected chi connectivity index (χ3v) is 2.95. The van der Waals surface area contributed by atoms with Crippen LogP contribution in [0.4, 0.5) is 0 Å². The van der Waals surface area contributed by atoms with E-state index in [2.05, 4.69) is 25.9 Å². The van der Waals surface area contributed by atoms with Gasteiger partial charge in [-0.3, -0.25) is 4.98 Å². The molecule has 0 N–H and O–H groups in total. The Labute approximate surface area is 94.9 Å². The van der Waals surface area contributed by atoms with Crippen LogP contribution in [0.2, 0.25) is 0 Å². The van der Waals surface area contributed by atoms with Gasteiger partial charge >= 0.3 is 0 Å². The van der Waals surface area contributed by atoms with Crippen molar-refractivity contribution in [1.29, 1.82) is 0 Å². The van der Waals surface area contributed by atoms with E-state index in [0.29, 0.717) is 0 Å². The van der Waals surface area contributed by atoms with E-state index in [1.54, 1.807) is 24.2 Å². The van der Waals surface area contributed by atoms with Gasteiger partial charge in [-0.25, -0.2) is 4.98 Å². The summed E-state index contributed by atoms with van der Waals surface area (Å²) in [7, 11) is 0. The third kappa shape index (κ3) is 2.56. The molecule has 14 heavy (non-hydrogen) atoms. The van der Waals surface area contributed by atoms with Gasteiger partial charge in [0.25, 0.3) is 0 Å². The van der Waals surface area contributed by atoms with E-state index in [4.69, 9.17) is 0 Å². The van der Waals surface area contributed by atoms with Crippen LogP contribution in [-0.2, 0) is 0 Å². The second kappa shape index (κ2) is 4.57. The van der Waals surface area contributed by atoms with Gasteiger partial charge in [-0.2, -0.15) is 0 Å². The Kier molecular flexibility index (Phi) is 3.16. The van der Waals surface area contributed by atoms with Crippen molar-refractivity contribution in [3.8, 4) is 0 Å². The molecule has 0 amide bonds. The Morgan fingerprint density at radius 2 is 1.86 bits per heavy atom. The van der Waals surface area contributed by atoms with Crippen molar-refractivity contribution in [3.63, 3.8) is 0 Å². The van der Waals surface area contributed by atoms with E-state index < -0.39 is 0 Å². The molecule has 0 unspecified atom stereocenters. The zero-order chi connectivity index (χ0) is 9.80. The maximum atomic E-state index is 4.33. The fraction of sp³-hybridized carbons (Fsp3) is 0. The fourth-order valence-corrected chi connectivity index (χ4v) is 2.22. The topological polar surface area (TPSA) is 25.8 Å². The molecule has 4 heteroatoms. The van der Waals surface area contributed by atoms with Gasteiger partial charge in [0, 0.05) is 17.3 Å². The maximum Gasteiger partial charge on any atom is 0.107 e. The molecule has 0 atom stereocenters. The molecule has 70 valence electrons. The van der Waals surface area contributed by atoms with Crippen molar-refractivity contribution in [2.75, 3.05) is 0 Å². The highest BCUT2D eigenvalue weighted by Crippen LogP contribution is 2.25. The molecule has 0 radical (unpaired) electrons. The van der Waals surface area contributed by atoms with E-state index in [1.807, 2.05) is 30.3 Å². The fourth-order valence-electron chi connectivity index (χ4n) is 0.974. The Hall–Kier alpha value is -0.870. The van der Waals surface area contributed by atoms with E-state index in [-0.39, 0.29) is 0 Å². The second-order valence-electron chi connectivity index (χ2n) is 2.58. The van der Waals surface area contributed by atoms with Crippen molar-refractivity contribution in [1.82, 2.24) is 9.97 Å². The molecular weight excluding hydrogens is 260 g/mol. The van der Waals surface area contributed by atoms with Gasteiger partial charge < -0.3 is 0 Å². The highest BCUT2D eigenvalue weighted by atomic mass is 79.9. The summed E-state index contributed by atoms with van der Waals surface area (Å²) in [5.41, 5.74) is 0. The molecule has 0 spiro atoms. The number of hydrogen-bond donors (Lipinski definition) is 0. The molecule has 0 saturated heterocycles. The second-order valence-corrected chi connectivity index (χ2v) is 4.49. The lowest BCUT2D eigenvalue weighted by Gasteiger charge is -1.99. The van der Waals surface area contributed by atoms with Gasteiger partial charge in [-0.15, -0.1) is 0 Å². The largest absolute Gasteiger partial charge is 0.265 e. The average molecular weight is 267 g/mol. The summed E-state index contributed by atoms with van der Waals surface area (Å²) in [4.78, 5) is 9.43. The SMILES string of the molecule is Brc1cccc(Sc2ccncc2)n1. The Morgan fingerprint density at radius 1 is 1.07 bits per heavy atom. The summed E-state index contributed by atoms with van der Waals surface area (Å²) in [6.07, 6.45) is 3.56. The summed E-state index contributed by atoms with van der Waals surface area (Å²) in [6, 6.07) is 9.80. The maximum absolute atomic E-state index is 4.33. The molecule has 0 aromatic carbocycles. The van der Waals surface area contributed by atoms with E-state index >= 15 is 0 Å². The summed E-state index contributed by atoms with van der Waals surface area (Å²) in [5, 5.41) is 0.977. The summed E-state index contributed by atoms with van der Waals surface area (Å²) in [5.74, 6) is 0. The Balaban J connectivity index is 2.19. The van der Waals surface area contributed by atoms with Crippen LogP contribution < -0.4 is 0 Å². The first kappa shape index (κ1) is 9.68. The van der Waals surface area contributed by atoms with Crippen LogP contribution in [0.5, 0.6) is 0 Å². The lowest BCUT2D eigenvalue weighted by molar-refractivity contribution is 1.10. The highest BCUT2D eigenvalue weighted by Gasteiger charge is 1.98. The monoisotopic (exact) mass is 266 g/mol. The smallest absolute Gasteiger partial charge is 0.107 e. The van der Waals surface area contributed by atoms with Crippen LogP contribution in [0.1, 0.15) is 0 Å². The van der Waals surface area contributed by atoms with Gasteiger partial charge in [0.05, 0.1) is 0 Å². The van der Waals surface area contributed by atoms with Gasteiger partial charge in [-0.1, -0.05) is 17.8 Å². The highest BCUT2D eigenvalue weighted by molar-refractivity contribution is 9.10. The summed E-state index contributed by atoms with van der Waals surface area (Å²) < 4.78 is 0.858. The molecule has 0 saturated carbocycles. The number of rotatable bonds is 2. The van der Waals surface area contributed by atoms with Crippen LogP contribution in [0.25, 0.3) is 0 Å².